The van der Waals surface area contributed by atoms with Gasteiger partial charge in [0.15, 0.2) is 11.6 Å². The topological polar surface area (TPSA) is 53.2 Å². The smallest absolute Gasteiger partial charge is 0.167 e. The Labute approximate surface area is 114 Å². The molecular formula is C15H11F2NO2. The first kappa shape index (κ1) is 14.0. The number of rotatable bonds is 3. The molecule has 2 aromatic carbocycles. The van der Waals surface area contributed by atoms with Gasteiger partial charge in [0.2, 0.25) is 0 Å². The van der Waals surface area contributed by atoms with Crippen LogP contribution in [0, 0.1) is 23.0 Å². The van der Waals surface area contributed by atoms with E-state index in [4.69, 9.17) is 10.00 Å². The van der Waals surface area contributed by atoms with Gasteiger partial charge in [-0.3, -0.25) is 0 Å². The lowest BCUT2D eigenvalue weighted by atomic mass is 10.1. The van der Waals surface area contributed by atoms with E-state index in [1.807, 2.05) is 0 Å². The number of ether oxygens (including phenoxy) is 1. The van der Waals surface area contributed by atoms with E-state index in [0.29, 0.717) is 0 Å². The molecule has 0 saturated heterocycles. The van der Waals surface area contributed by atoms with Crippen molar-refractivity contribution in [1.82, 2.24) is 0 Å². The second-order valence-corrected chi connectivity index (χ2v) is 4.19. The van der Waals surface area contributed by atoms with Gasteiger partial charge in [-0.15, -0.1) is 0 Å². The average molecular weight is 275 g/mol. The second-order valence-electron chi connectivity index (χ2n) is 4.19. The first-order chi connectivity index (χ1) is 9.52. The van der Waals surface area contributed by atoms with E-state index >= 15 is 0 Å². The van der Waals surface area contributed by atoms with Gasteiger partial charge in [-0.2, -0.15) is 5.26 Å². The summed E-state index contributed by atoms with van der Waals surface area (Å²) in [4.78, 5) is 0. The molecule has 0 aliphatic carbocycles. The molecule has 0 spiro atoms. The predicted molar refractivity (Wildman–Crippen MR) is 68.2 cm³/mol. The van der Waals surface area contributed by atoms with Crippen LogP contribution in [0.4, 0.5) is 8.78 Å². The maximum atomic E-state index is 13.7. The lowest BCUT2D eigenvalue weighted by Gasteiger charge is -2.14. The molecule has 0 amide bonds. The van der Waals surface area contributed by atoms with Gasteiger partial charge < -0.3 is 9.84 Å². The summed E-state index contributed by atoms with van der Waals surface area (Å²) in [5.41, 5.74) is 0.112. The molecule has 3 nitrogen and oxygen atoms in total. The number of nitrogens with zero attached hydrogens (tertiary/aromatic N) is 1. The van der Waals surface area contributed by atoms with Crippen molar-refractivity contribution in [2.45, 2.75) is 13.0 Å². The highest BCUT2D eigenvalue weighted by molar-refractivity contribution is 5.42. The molecule has 0 fully saturated rings. The summed E-state index contributed by atoms with van der Waals surface area (Å²) in [6, 6.07) is 9.52. The Morgan fingerprint density at radius 1 is 1.15 bits per heavy atom. The molecule has 0 bridgehead atoms. The minimum absolute atomic E-state index is 0.0311. The molecule has 20 heavy (non-hydrogen) atoms. The van der Waals surface area contributed by atoms with Crippen LogP contribution in [0.2, 0.25) is 0 Å². The van der Waals surface area contributed by atoms with Crippen LogP contribution in [0.5, 0.6) is 11.5 Å². The van der Waals surface area contributed by atoms with Gasteiger partial charge in [0.25, 0.3) is 0 Å². The molecule has 0 radical (unpaired) electrons. The van der Waals surface area contributed by atoms with Crippen molar-refractivity contribution in [3.05, 3.63) is 59.2 Å². The third kappa shape index (κ3) is 2.76. The number of aliphatic hydroxyl groups excluding tert-OH is 1. The van der Waals surface area contributed by atoms with E-state index in [1.54, 1.807) is 6.07 Å². The third-order valence-corrected chi connectivity index (χ3v) is 2.71. The highest BCUT2D eigenvalue weighted by Crippen LogP contribution is 2.32. The SMILES string of the molecule is C[C@@H](O)c1c(F)cccc1Oc1ccc(C#N)cc1F. The van der Waals surface area contributed by atoms with E-state index < -0.39 is 17.7 Å². The summed E-state index contributed by atoms with van der Waals surface area (Å²) < 4.78 is 32.7. The molecule has 1 atom stereocenters. The Kier molecular flexibility index (Phi) is 3.97. The predicted octanol–water partition coefficient (Wildman–Crippen LogP) is 3.68. The van der Waals surface area contributed by atoms with Crippen molar-refractivity contribution >= 4 is 0 Å². The van der Waals surface area contributed by atoms with Crippen LogP contribution in [0.3, 0.4) is 0 Å². The van der Waals surface area contributed by atoms with Crippen molar-refractivity contribution in [2.75, 3.05) is 0 Å². The zero-order valence-electron chi connectivity index (χ0n) is 10.6. The lowest BCUT2D eigenvalue weighted by molar-refractivity contribution is 0.190. The number of aliphatic hydroxyl groups is 1. The highest BCUT2D eigenvalue weighted by Gasteiger charge is 2.16. The third-order valence-electron chi connectivity index (χ3n) is 2.71. The fourth-order valence-corrected chi connectivity index (χ4v) is 1.78. The molecule has 0 aliphatic rings. The molecule has 2 rings (SSSR count). The summed E-state index contributed by atoms with van der Waals surface area (Å²) in [5.74, 6) is -1.48. The summed E-state index contributed by atoms with van der Waals surface area (Å²) in [7, 11) is 0. The Balaban J connectivity index is 2.41. The van der Waals surface area contributed by atoms with Crippen LogP contribution in [0.1, 0.15) is 24.2 Å². The van der Waals surface area contributed by atoms with Gasteiger partial charge >= 0.3 is 0 Å². The zero-order valence-corrected chi connectivity index (χ0v) is 10.6. The van der Waals surface area contributed by atoms with Gasteiger partial charge in [0.05, 0.1) is 23.3 Å². The summed E-state index contributed by atoms with van der Waals surface area (Å²) >= 11 is 0. The van der Waals surface area contributed by atoms with Crippen LogP contribution < -0.4 is 4.74 Å². The summed E-state index contributed by atoms with van der Waals surface area (Å²) in [6.45, 7) is 1.39. The van der Waals surface area contributed by atoms with Crippen molar-refractivity contribution in [1.29, 1.82) is 5.26 Å². The molecule has 1 N–H and O–H groups in total. The molecule has 0 aliphatic heterocycles. The van der Waals surface area contributed by atoms with E-state index in [0.717, 1.165) is 6.07 Å². The van der Waals surface area contributed by atoms with E-state index in [-0.39, 0.29) is 22.6 Å². The molecule has 5 heteroatoms. The molecule has 102 valence electrons. The minimum atomic E-state index is -1.09. The highest BCUT2D eigenvalue weighted by atomic mass is 19.1. The van der Waals surface area contributed by atoms with Gasteiger partial charge in [-0.05, 0) is 37.3 Å². The zero-order chi connectivity index (χ0) is 14.7. The number of hydrogen-bond acceptors (Lipinski definition) is 3. The normalized spacial score (nSPS) is 11.8. The Morgan fingerprint density at radius 3 is 2.50 bits per heavy atom. The minimum Gasteiger partial charge on any atom is -0.454 e. The fourth-order valence-electron chi connectivity index (χ4n) is 1.78. The maximum Gasteiger partial charge on any atom is 0.167 e. The first-order valence-electron chi connectivity index (χ1n) is 5.87. The van der Waals surface area contributed by atoms with Crippen molar-refractivity contribution in [3.63, 3.8) is 0 Å². The second kappa shape index (κ2) is 5.68. The fraction of sp³-hybridized carbons (Fsp3) is 0.133. The van der Waals surface area contributed by atoms with Crippen LogP contribution in [-0.2, 0) is 0 Å². The number of hydrogen-bond donors (Lipinski definition) is 1. The Bertz CT molecular complexity index is 678. The molecule has 0 heterocycles. The average Bonchev–Trinajstić information content (AvgIpc) is 2.40. The maximum absolute atomic E-state index is 13.7. The first-order valence-corrected chi connectivity index (χ1v) is 5.87. The van der Waals surface area contributed by atoms with Crippen LogP contribution in [-0.4, -0.2) is 5.11 Å². The van der Waals surface area contributed by atoms with Crippen molar-refractivity contribution in [2.24, 2.45) is 0 Å². The van der Waals surface area contributed by atoms with E-state index in [1.165, 1.54) is 37.3 Å². The van der Waals surface area contributed by atoms with Crippen LogP contribution in [0.15, 0.2) is 36.4 Å². The summed E-state index contributed by atoms with van der Waals surface area (Å²) in [6.07, 6.45) is -1.09. The van der Waals surface area contributed by atoms with Crippen molar-refractivity contribution < 1.29 is 18.6 Å². The molecule has 0 unspecified atom stereocenters. The molecule has 2 aromatic rings. The monoisotopic (exact) mass is 275 g/mol. The van der Waals surface area contributed by atoms with Crippen molar-refractivity contribution in [3.8, 4) is 17.6 Å². The largest absolute Gasteiger partial charge is 0.454 e. The lowest BCUT2D eigenvalue weighted by Crippen LogP contribution is -2.00. The van der Waals surface area contributed by atoms with Crippen LogP contribution >= 0.6 is 0 Å². The quantitative estimate of drug-likeness (QED) is 0.929. The standard InChI is InChI=1S/C15H11F2NO2/c1-9(19)15-11(16)3-2-4-14(15)20-13-6-5-10(8-18)7-12(13)17/h2-7,9,19H,1H3/t9-/m1/s1. The Hall–Kier alpha value is -2.45. The van der Waals surface area contributed by atoms with E-state index in [9.17, 15) is 13.9 Å². The van der Waals surface area contributed by atoms with Gasteiger partial charge in [-0.25, -0.2) is 8.78 Å². The number of benzene rings is 2. The van der Waals surface area contributed by atoms with Crippen LogP contribution in [0.25, 0.3) is 0 Å². The molecule has 0 saturated carbocycles. The summed E-state index contributed by atoms with van der Waals surface area (Å²) in [5, 5.41) is 18.2. The van der Waals surface area contributed by atoms with Gasteiger partial charge in [-0.1, -0.05) is 6.07 Å². The number of halogens is 2. The van der Waals surface area contributed by atoms with Gasteiger partial charge in [0, 0.05) is 0 Å². The van der Waals surface area contributed by atoms with Gasteiger partial charge in [0.1, 0.15) is 11.6 Å². The molecule has 0 aromatic heterocycles. The number of nitriles is 1. The molecular weight excluding hydrogens is 264 g/mol. The Morgan fingerprint density at radius 2 is 1.90 bits per heavy atom. The van der Waals surface area contributed by atoms with E-state index in [2.05, 4.69) is 0 Å².